The Bertz CT molecular complexity index is 622. The molecule has 0 aromatic heterocycles. The van der Waals surface area contributed by atoms with E-state index in [-0.39, 0.29) is 6.04 Å². The lowest BCUT2D eigenvalue weighted by Gasteiger charge is -2.36. The molecule has 3 rings (SSSR count). The summed E-state index contributed by atoms with van der Waals surface area (Å²) in [6.07, 6.45) is 2.11. The normalized spacial score (nSPS) is 18.4. The summed E-state index contributed by atoms with van der Waals surface area (Å²) < 4.78 is 0. The zero-order valence-electron chi connectivity index (χ0n) is 14.6. The molecule has 0 aliphatic carbocycles. The SMILES string of the molecule is Cc1cc(C)cc(C(O)(c2cc(C)cc(C)c2)[C@@H]2CCCN2)c1. The molecule has 23 heavy (non-hydrogen) atoms. The van der Waals surface area contributed by atoms with Crippen molar-refractivity contribution in [3.05, 3.63) is 69.8 Å². The van der Waals surface area contributed by atoms with Crippen molar-refractivity contribution in [2.24, 2.45) is 0 Å². The molecule has 0 unspecified atom stereocenters. The minimum atomic E-state index is -0.982. The minimum Gasteiger partial charge on any atom is -0.379 e. The molecule has 122 valence electrons. The number of hydrogen-bond donors (Lipinski definition) is 2. The third-order valence-electron chi connectivity index (χ3n) is 4.89. The van der Waals surface area contributed by atoms with Crippen molar-refractivity contribution >= 4 is 0 Å². The smallest absolute Gasteiger partial charge is 0.130 e. The van der Waals surface area contributed by atoms with E-state index in [1.165, 1.54) is 22.3 Å². The Morgan fingerprint density at radius 2 is 1.26 bits per heavy atom. The summed E-state index contributed by atoms with van der Waals surface area (Å²) >= 11 is 0. The largest absolute Gasteiger partial charge is 0.379 e. The molecule has 0 amide bonds. The first-order valence-electron chi connectivity index (χ1n) is 8.53. The van der Waals surface area contributed by atoms with Gasteiger partial charge >= 0.3 is 0 Å². The third kappa shape index (κ3) is 3.06. The average Bonchev–Trinajstić information content (AvgIpc) is 2.98. The van der Waals surface area contributed by atoms with Crippen molar-refractivity contribution in [2.45, 2.75) is 52.2 Å². The van der Waals surface area contributed by atoms with Crippen LogP contribution in [0.1, 0.15) is 46.2 Å². The van der Waals surface area contributed by atoms with Gasteiger partial charge in [0.1, 0.15) is 5.60 Å². The number of nitrogens with one attached hydrogen (secondary N) is 1. The second-order valence-electron chi connectivity index (χ2n) is 7.17. The average molecular weight is 309 g/mol. The van der Waals surface area contributed by atoms with Gasteiger partial charge in [-0.25, -0.2) is 0 Å². The highest BCUT2D eigenvalue weighted by Crippen LogP contribution is 2.38. The van der Waals surface area contributed by atoms with Gasteiger partial charge in [-0.15, -0.1) is 0 Å². The fourth-order valence-electron chi connectivity index (χ4n) is 4.00. The Labute approximate surface area is 139 Å². The maximum Gasteiger partial charge on any atom is 0.130 e. The van der Waals surface area contributed by atoms with E-state index in [2.05, 4.69) is 69.4 Å². The van der Waals surface area contributed by atoms with Crippen LogP contribution in [0.15, 0.2) is 36.4 Å². The Morgan fingerprint density at radius 3 is 1.61 bits per heavy atom. The molecule has 0 radical (unpaired) electrons. The number of rotatable bonds is 3. The predicted octanol–water partition coefficient (Wildman–Crippen LogP) is 3.91. The van der Waals surface area contributed by atoms with Crippen LogP contribution in [-0.2, 0) is 5.60 Å². The molecular formula is C21H27NO. The highest BCUT2D eigenvalue weighted by molar-refractivity contribution is 5.44. The van der Waals surface area contributed by atoms with Crippen LogP contribution in [-0.4, -0.2) is 17.7 Å². The molecular weight excluding hydrogens is 282 g/mol. The van der Waals surface area contributed by atoms with Crippen molar-refractivity contribution in [2.75, 3.05) is 6.54 Å². The summed E-state index contributed by atoms with van der Waals surface area (Å²) in [7, 11) is 0. The van der Waals surface area contributed by atoms with Crippen LogP contribution >= 0.6 is 0 Å². The van der Waals surface area contributed by atoms with E-state index in [1.807, 2.05) is 0 Å². The van der Waals surface area contributed by atoms with Crippen LogP contribution in [0.5, 0.6) is 0 Å². The Balaban J connectivity index is 2.21. The second kappa shape index (κ2) is 6.10. The molecule has 2 heteroatoms. The summed E-state index contributed by atoms with van der Waals surface area (Å²) in [5, 5.41) is 15.4. The summed E-state index contributed by atoms with van der Waals surface area (Å²) in [4.78, 5) is 0. The van der Waals surface area contributed by atoms with Crippen molar-refractivity contribution < 1.29 is 5.11 Å². The summed E-state index contributed by atoms with van der Waals surface area (Å²) in [5.74, 6) is 0. The van der Waals surface area contributed by atoms with Gasteiger partial charge in [0.05, 0.1) is 0 Å². The summed E-state index contributed by atoms with van der Waals surface area (Å²) in [6.45, 7) is 9.37. The van der Waals surface area contributed by atoms with Gasteiger partial charge in [-0.2, -0.15) is 0 Å². The van der Waals surface area contributed by atoms with Gasteiger partial charge in [-0.05, 0) is 58.2 Å². The molecule has 1 aliphatic rings. The molecule has 1 atom stereocenters. The molecule has 2 aromatic carbocycles. The summed E-state index contributed by atoms with van der Waals surface area (Å²) in [5.41, 5.74) is 5.80. The molecule has 0 bridgehead atoms. The highest BCUT2D eigenvalue weighted by Gasteiger charge is 2.41. The Morgan fingerprint density at radius 1 is 0.826 bits per heavy atom. The molecule has 2 aromatic rings. The first-order chi connectivity index (χ1) is 10.9. The minimum absolute atomic E-state index is 0.0601. The Kier molecular flexibility index (Phi) is 4.31. The van der Waals surface area contributed by atoms with Gasteiger partial charge in [0.2, 0.25) is 0 Å². The lowest BCUT2D eigenvalue weighted by atomic mass is 9.77. The van der Waals surface area contributed by atoms with Crippen LogP contribution in [0, 0.1) is 27.7 Å². The fourth-order valence-corrected chi connectivity index (χ4v) is 4.00. The van der Waals surface area contributed by atoms with Crippen LogP contribution in [0.4, 0.5) is 0 Å². The van der Waals surface area contributed by atoms with E-state index < -0.39 is 5.60 Å². The van der Waals surface area contributed by atoms with Gasteiger partial charge < -0.3 is 10.4 Å². The lowest BCUT2D eigenvalue weighted by molar-refractivity contribution is 0.0440. The van der Waals surface area contributed by atoms with Crippen LogP contribution < -0.4 is 5.32 Å². The van der Waals surface area contributed by atoms with E-state index in [9.17, 15) is 5.11 Å². The molecule has 1 aliphatic heterocycles. The molecule has 1 fully saturated rings. The topological polar surface area (TPSA) is 32.3 Å². The quantitative estimate of drug-likeness (QED) is 0.901. The molecule has 1 saturated heterocycles. The van der Waals surface area contributed by atoms with Crippen LogP contribution in [0.3, 0.4) is 0 Å². The van der Waals surface area contributed by atoms with Crippen molar-refractivity contribution in [1.82, 2.24) is 5.32 Å². The van der Waals surface area contributed by atoms with Crippen molar-refractivity contribution in [3.63, 3.8) is 0 Å². The molecule has 2 nitrogen and oxygen atoms in total. The van der Waals surface area contributed by atoms with Crippen molar-refractivity contribution in [1.29, 1.82) is 0 Å². The highest BCUT2D eigenvalue weighted by atomic mass is 16.3. The van der Waals surface area contributed by atoms with Gasteiger partial charge in [-0.3, -0.25) is 0 Å². The standard InChI is InChI=1S/C21H27NO/c1-14-8-15(2)11-18(10-14)21(23,20-6-5-7-22-20)19-12-16(3)9-17(4)13-19/h8-13,20,22-23H,5-7H2,1-4H3/t20-/m0/s1. The van der Waals surface area contributed by atoms with Gasteiger partial charge in [0.25, 0.3) is 0 Å². The van der Waals surface area contributed by atoms with Gasteiger partial charge in [0.15, 0.2) is 0 Å². The third-order valence-corrected chi connectivity index (χ3v) is 4.89. The number of benzene rings is 2. The first kappa shape index (κ1) is 16.2. The van der Waals surface area contributed by atoms with Gasteiger partial charge in [-0.1, -0.05) is 58.7 Å². The fraction of sp³-hybridized carbons (Fsp3) is 0.429. The summed E-state index contributed by atoms with van der Waals surface area (Å²) in [6, 6.07) is 12.9. The van der Waals surface area contributed by atoms with E-state index in [1.54, 1.807) is 0 Å². The van der Waals surface area contributed by atoms with Crippen molar-refractivity contribution in [3.8, 4) is 0 Å². The lowest BCUT2D eigenvalue weighted by Crippen LogP contribution is -2.46. The maximum absolute atomic E-state index is 11.9. The maximum atomic E-state index is 11.9. The second-order valence-corrected chi connectivity index (χ2v) is 7.17. The Hall–Kier alpha value is -1.64. The first-order valence-corrected chi connectivity index (χ1v) is 8.53. The predicted molar refractivity (Wildman–Crippen MR) is 95.9 cm³/mol. The van der Waals surface area contributed by atoms with E-state index in [0.29, 0.717) is 0 Å². The van der Waals surface area contributed by atoms with E-state index >= 15 is 0 Å². The molecule has 1 heterocycles. The molecule has 2 N–H and O–H groups in total. The number of hydrogen-bond acceptors (Lipinski definition) is 2. The van der Waals surface area contributed by atoms with Gasteiger partial charge in [0, 0.05) is 6.04 Å². The monoisotopic (exact) mass is 309 g/mol. The van der Waals surface area contributed by atoms with E-state index in [0.717, 1.165) is 30.5 Å². The van der Waals surface area contributed by atoms with E-state index in [4.69, 9.17) is 0 Å². The van der Waals surface area contributed by atoms with Crippen LogP contribution in [0.25, 0.3) is 0 Å². The molecule has 0 spiro atoms. The molecule has 0 saturated carbocycles. The zero-order valence-corrected chi connectivity index (χ0v) is 14.6. The van der Waals surface area contributed by atoms with Crippen LogP contribution in [0.2, 0.25) is 0 Å². The number of aliphatic hydroxyl groups is 1. The number of aryl methyl sites for hydroxylation is 4. The zero-order chi connectivity index (χ0) is 16.6.